The van der Waals surface area contributed by atoms with Crippen LogP contribution in [0.15, 0.2) is 41.4 Å². The largest absolute Gasteiger partial charge is 0.369 e. The molecule has 0 aliphatic carbocycles. The van der Waals surface area contributed by atoms with Crippen molar-refractivity contribution in [2.75, 3.05) is 19.6 Å². The fraction of sp³-hybridized carbons (Fsp3) is 0.318. The Kier molecular flexibility index (Phi) is 6.54. The van der Waals surface area contributed by atoms with E-state index in [1.54, 1.807) is 47.1 Å². The van der Waals surface area contributed by atoms with Gasteiger partial charge in [0, 0.05) is 54.0 Å². The maximum atomic E-state index is 14.5. The van der Waals surface area contributed by atoms with Crippen molar-refractivity contribution in [3.8, 4) is 0 Å². The Morgan fingerprint density at radius 3 is 2.09 bits per heavy atom. The van der Waals surface area contributed by atoms with Gasteiger partial charge in [-0.25, -0.2) is 14.4 Å². The second kappa shape index (κ2) is 9.35. The molecule has 2 atom stereocenters. The number of likely N-dealkylation sites (tertiary alicyclic amines) is 1. The second-order valence-electron chi connectivity index (χ2n) is 7.76. The van der Waals surface area contributed by atoms with E-state index in [0.717, 1.165) is 0 Å². The molecule has 4 rings (SSSR count). The zero-order chi connectivity index (χ0) is 22.8. The van der Waals surface area contributed by atoms with Crippen LogP contribution in [0, 0.1) is 24.6 Å². The van der Waals surface area contributed by atoms with Crippen LogP contribution in [0.5, 0.6) is 0 Å². The Bertz CT molecular complexity index is 1080. The fourth-order valence-electron chi connectivity index (χ4n) is 4.41. The summed E-state index contributed by atoms with van der Waals surface area (Å²) in [4.78, 5) is 48.7. The Hall–Kier alpha value is -2.82. The van der Waals surface area contributed by atoms with E-state index in [-0.39, 0.29) is 31.2 Å². The summed E-state index contributed by atoms with van der Waals surface area (Å²) in [6, 6.07) is 4.71. The first kappa shape index (κ1) is 22.4. The minimum absolute atomic E-state index is 0.0852. The molecular formula is C22H21FN4O3S2. The minimum atomic E-state index is -0.705. The van der Waals surface area contributed by atoms with Crippen molar-refractivity contribution in [1.82, 2.24) is 14.9 Å². The molecule has 2 aromatic heterocycles. The lowest BCUT2D eigenvalue weighted by Crippen LogP contribution is -2.52. The molecule has 166 valence electrons. The van der Waals surface area contributed by atoms with Crippen molar-refractivity contribution in [3.05, 3.63) is 68.3 Å². The molecule has 10 heteroatoms. The average molecular weight is 473 g/mol. The predicted octanol–water partition coefficient (Wildman–Crippen LogP) is 2.93. The van der Waals surface area contributed by atoms with Gasteiger partial charge < -0.3 is 5.73 Å². The Morgan fingerprint density at radius 1 is 1.06 bits per heavy atom. The number of aromatic nitrogens is 2. The number of nitrogens with two attached hydrogens (primary N) is 1. The van der Waals surface area contributed by atoms with Gasteiger partial charge in [-0.05, 0) is 24.1 Å². The number of thiazole rings is 2. The molecule has 1 aliphatic heterocycles. The van der Waals surface area contributed by atoms with Gasteiger partial charge in [0.2, 0.25) is 5.91 Å². The highest BCUT2D eigenvalue weighted by Gasteiger charge is 2.46. The lowest BCUT2D eigenvalue weighted by molar-refractivity contribution is -0.119. The monoisotopic (exact) mass is 472 g/mol. The van der Waals surface area contributed by atoms with Crippen molar-refractivity contribution < 1.29 is 18.8 Å². The summed E-state index contributed by atoms with van der Waals surface area (Å²) < 4.78 is 14.5. The highest BCUT2D eigenvalue weighted by molar-refractivity contribution is 7.12. The van der Waals surface area contributed by atoms with Gasteiger partial charge in [0.1, 0.15) is 5.82 Å². The van der Waals surface area contributed by atoms with E-state index in [4.69, 9.17) is 5.73 Å². The highest BCUT2D eigenvalue weighted by Crippen LogP contribution is 2.42. The molecule has 0 saturated carbocycles. The molecule has 0 spiro atoms. The van der Waals surface area contributed by atoms with Gasteiger partial charge in [-0.3, -0.25) is 19.3 Å². The third-order valence-electron chi connectivity index (χ3n) is 5.78. The number of hydrogen-bond acceptors (Lipinski definition) is 8. The van der Waals surface area contributed by atoms with Gasteiger partial charge >= 0.3 is 0 Å². The second-order valence-corrected chi connectivity index (χ2v) is 9.55. The van der Waals surface area contributed by atoms with E-state index in [1.165, 1.54) is 28.7 Å². The molecule has 0 radical (unpaired) electrons. The minimum Gasteiger partial charge on any atom is -0.369 e. The Labute approximate surface area is 192 Å². The van der Waals surface area contributed by atoms with Crippen molar-refractivity contribution in [2.24, 2.45) is 17.6 Å². The number of primary amides is 1. The van der Waals surface area contributed by atoms with E-state index >= 15 is 0 Å². The van der Waals surface area contributed by atoms with Crippen LogP contribution in [0.4, 0.5) is 4.39 Å². The van der Waals surface area contributed by atoms with Gasteiger partial charge in [0.05, 0.1) is 6.54 Å². The van der Waals surface area contributed by atoms with E-state index in [0.29, 0.717) is 21.1 Å². The van der Waals surface area contributed by atoms with Gasteiger partial charge in [-0.1, -0.05) is 12.1 Å². The van der Waals surface area contributed by atoms with Crippen LogP contribution >= 0.6 is 22.7 Å². The number of carbonyl (C=O) groups excluding carboxylic acids is 3. The number of piperidine rings is 1. The number of amides is 1. The average Bonchev–Trinajstić information content (AvgIpc) is 3.48. The van der Waals surface area contributed by atoms with Crippen LogP contribution in [0.3, 0.4) is 0 Å². The highest BCUT2D eigenvalue weighted by atomic mass is 32.1. The van der Waals surface area contributed by atoms with E-state index in [2.05, 4.69) is 9.97 Å². The third-order valence-corrected chi connectivity index (χ3v) is 7.36. The first-order chi connectivity index (χ1) is 15.4. The summed E-state index contributed by atoms with van der Waals surface area (Å²) in [7, 11) is 0. The molecule has 1 aliphatic rings. The van der Waals surface area contributed by atoms with Gasteiger partial charge in [0.15, 0.2) is 21.6 Å². The molecule has 32 heavy (non-hydrogen) atoms. The van der Waals surface area contributed by atoms with Gasteiger partial charge in [0.25, 0.3) is 0 Å². The predicted molar refractivity (Wildman–Crippen MR) is 119 cm³/mol. The maximum absolute atomic E-state index is 14.5. The molecule has 1 saturated heterocycles. The number of carbonyl (C=O) groups is 3. The number of hydrogen-bond donors (Lipinski definition) is 1. The zero-order valence-electron chi connectivity index (χ0n) is 17.2. The number of Topliss-reactive ketones (excluding diaryl/α,β-unsaturated/α-hetero) is 2. The van der Waals surface area contributed by atoms with Crippen LogP contribution in [0.1, 0.15) is 36.6 Å². The van der Waals surface area contributed by atoms with Gasteiger partial charge in [-0.2, -0.15) is 0 Å². The summed E-state index contributed by atoms with van der Waals surface area (Å²) in [6.45, 7) is 1.99. The zero-order valence-corrected chi connectivity index (χ0v) is 18.9. The number of benzene rings is 1. The van der Waals surface area contributed by atoms with Crippen LogP contribution in [-0.2, 0) is 4.79 Å². The van der Waals surface area contributed by atoms with Crippen LogP contribution in [0.2, 0.25) is 0 Å². The number of rotatable bonds is 7. The van der Waals surface area contributed by atoms with Crippen molar-refractivity contribution in [1.29, 1.82) is 0 Å². The summed E-state index contributed by atoms with van der Waals surface area (Å²) in [5, 5.41) is 4.04. The normalized spacial score (nSPS) is 21.4. The fourth-order valence-corrected chi connectivity index (χ4v) is 5.69. The number of halogens is 1. The standard InChI is InChI=1S/C22H21FN4O3S2/c1-12-13(3-2-4-16(12)23)18-14(19(29)21-25-5-7-31-21)9-27(11-17(24)28)10-15(18)20(30)22-26-6-8-32-22/h2-8,14-15,18H,9-11H2,1H3,(H2,24,28). The smallest absolute Gasteiger partial charge is 0.231 e. The van der Waals surface area contributed by atoms with Crippen molar-refractivity contribution in [2.45, 2.75) is 12.8 Å². The summed E-state index contributed by atoms with van der Waals surface area (Å²) in [6.07, 6.45) is 3.09. The maximum Gasteiger partial charge on any atom is 0.231 e. The van der Waals surface area contributed by atoms with Crippen LogP contribution in [0.25, 0.3) is 0 Å². The lowest BCUT2D eigenvalue weighted by atomic mass is 9.69. The quantitative estimate of drug-likeness (QED) is 0.530. The molecule has 3 aromatic rings. The summed E-state index contributed by atoms with van der Waals surface area (Å²) >= 11 is 2.42. The molecule has 7 nitrogen and oxygen atoms in total. The Balaban J connectivity index is 1.84. The van der Waals surface area contributed by atoms with Gasteiger partial charge in [-0.15, -0.1) is 22.7 Å². The molecule has 2 N–H and O–H groups in total. The molecule has 0 bridgehead atoms. The number of nitrogens with zero attached hydrogens (tertiary/aromatic N) is 3. The number of ketones is 2. The molecule has 1 fully saturated rings. The van der Waals surface area contributed by atoms with E-state index in [1.807, 2.05) is 0 Å². The van der Waals surface area contributed by atoms with Crippen LogP contribution in [-0.4, -0.2) is 52.0 Å². The lowest BCUT2D eigenvalue weighted by Gasteiger charge is -2.42. The molecule has 1 amide bonds. The first-order valence-electron chi connectivity index (χ1n) is 10.00. The van der Waals surface area contributed by atoms with E-state index in [9.17, 15) is 18.8 Å². The summed E-state index contributed by atoms with van der Waals surface area (Å²) in [5.74, 6) is -3.43. The van der Waals surface area contributed by atoms with Crippen molar-refractivity contribution in [3.63, 3.8) is 0 Å². The molecule has 3 heterocycles. The Morgan fingerprint density at radius 2 is 1.62 bits per heavy atom. The van der Waals surface area contributed by atoms with Crippen LogP contribution < -0.4 is 5.73 Å². The molecule has 2 unspecified atom stereocenters. The molecule has 1 aromatic carbocycles. The van der Waals surface area contributed by atoms with Crippen molar-refractivity contribution >= 4 is 40.1 Å². The van der Waals surface area contributed by atoms with E-state index < -0.39 is 29.5 Å². The summed E-state index contributed by atoms with van der Waals surface area (Å²) in [5.41, 5.74) is 6.43. The first-order valence-corrected chi connectivity index (χ1v) is 11.8. The topological polar surface area (TPSA) is 106 Å². The molecular weight excluding hydrogens is 451 g/mol. The third kappa shape index (κ3) is 4.38. The SMILES string of the molecule is Cc1c(F)cccc1C1C(C(=O)c2nccs2)CN(CC(N)=O)CC1C(=O)c1nccs1.